The van der Waals surface area contributed by atoms with Gasteiger partial charge in [-0.1, -0.05) is 6.07 Å². The fourth-order valence-corrected chi connectivity index (χ4v) is 2.93. The minimum Gasteiger partial charge on any atom is -0.372 e. The van der Waals surface area contributed by atoms with Crippen LogP contribution in [-0.2, 0) is 0 Å². The Morgan fingerprint density at radius 1 is 1.21 bits per heavy atom. The van der Waals surface area contributed by atoms with E-state index in [1.54, 1.807) is 18.3 Å². The number of aryl methyl sites for hydroxylation is 3. The summed E-state index contributed by atoms with van der Waals surface area (Å²) < 4.78 is 27.6. The van der Waals surface area contributed by atoms with Crippen LogP contribution >= 0.6 is 11.3 Å². The van der Waals surface area contributed by atoms with Crippen LogP contribution in [0.4, 0.5) is 14.5 Å². The maximum absolute atomic E-state index is 13.9. The van der Waals surface area contributed by atoms with Gasteiger partial charge < -0.3 is 5.32 Å². The number of aromatic nitrogens is 1. The fraction of sp³-hybridized carbons (Fsp3) is 0.357. The van der Waals surface area contributed by atoms with E-state index >= 15 is 0 Å². The molecule has 1 atom stereocenters. The van der Waals surface area contributed by atoms with Crippen LogP contribution in [0.3, 0.4) is 0 Å². The summed E-state index contributed by atoms with van der Waals surface area (Å²) in [6, 6.07) is 2.46. The van der Waals surface area contributed by atoms with E-state index in [1.807, 2.05) is 20.8 Å². The van der Waals surface area contributed by atoms with E-state index in [9.17, 15) is 8.78 Å². The van der Waals surface area contributed by atoms with Gasteiger partial charge in [0.25, 0.3) is 0 Å². The number of anilines is 1. The molecule has 0 aliphatic carbocycles. The first-order chi connectivity index (χ1) is 8.90. The molecule has 1 aromatic heterocycles. The number of hydrogen-bond acceptors (Lipinski definition) is 3. The van der Waals surface area contributed by atoms with E-state index in [0.717, 1.165) is 15.6 Å². The molecule has 0 saturated carbocycles. The Kier molecular flexibility index (Phi) is 3.85. The van der Waals surface area contributed by atoms with Crippen molar-refractivity contribution in [2.45, 2.75) is 33.7 Å². The van der Waals surface area contributed by atoms with E-state index < -0.39 is 11.6 Å². The predicted octanol–water partition coefficient (Wildman–Crippen LogP) is 4.52. The van der Waals surface area contributed by atoms with Gasteiger partial charge in [-0.15, -0.1) is 11.3 Å². The Morgan fingerprint density at radius 2 is 1.89 bits per heavy atom. The molecule has 1 N–H and O–H groups in total. The highest BCUT2D eigenvalue weighted by molar-refractivity contribution is 7.11. The second-order valence-electron chi connectivity index (χ2n) is 4.59. The molecule has 2 rings (SSSR count). The summed E-state index contributed by atoms with van der Waals surface area (Å²) in [5.74, 6) is -1.13. The Hall–Kier alpha value is -1.49. The molecule has 0 fully saturated rings. The standard InChI is InChI=1S/C14H16F2N2S/c1-7-5-6-11(15)14(12(7)16)17-8(2)13-9(3)19-10(4)18-13/h5-6,8,17H,1-4H3. The van der Waals surface area contributed by atoms with Gasteiger partial charge in [-0.2, -0.15) is 0 Å². The van der Waals surface area contributed by atoms with Crippen LogP contribution < -0.4 is 5.32 Å². The number of rotatable bonds is 3. The Bertz CT molecular complexity index is 608. The van der Waals surface area contributed by atoms with Crippen molar-refractivity contribution in [3.8, 4) is 0 Å². The van der Waals surface area contributed by atoms with E-state index in [0.29, 0.717) is 5.56 Å². The van der Waals surface area contributed by atoms with Crippen LogP contribution in [0, 0.1) is 32.4 Å². The molecule has 0 radical (unpaired) electrons. The van der Waals surface area contributed by atoms with Gasteiger partial charge in [-0.3, -0.25) is 0 Å². The summed E-state index contributed by atoms with van der Waals surface area (Å²) in [4.78, 5) is 5.46. The molecular formula is C14H16F2N2S. The number of nitrogens with zero attached hydrogens (tertiary/aromatic N) is 1. The summed E-state index contributed by atoms with van der Waals surface area (Å²) in [5, 5.41) is 3.83. The fourth-order valence-electron chi connectivity index (χ4n) is 2.02. The zero-order valence-electron chi connectivity index (χ0n) is 11.3. The first-order valence-corrected chi connectivity index (χ1v) is 6.87. The maximum Gasteiger partial charge on any atom is 0.152 e. The minimum absolute atomic E-state index is 0.0856. The molecular weight excluding hydrogens is 266 g/mol. The highest BCUT2D eigenvalue weighted by atomic mass is 32.1. The highest BCUT2D eigenvalue weighted by Crippen LogP contribution is 2.29. The van der Waals surface area contributed by atoms with Crippen molar-refractivity contribution in [2.24, 2.45) is 0 Å². The smallest absolute Gasteiger partial charge is 0.152 e. The maximum atomic E-state index is 13.9. The number of thiazole rings is 1. The normalized spacial score (nSPS) is 12.5. The van der Waals surface area contributed by atoms with Gasteiger partial charge in [0, 0.05) is 4.88 Å². The largest absolute Gasteiger partial charge is 0.372 e. The third-order valence-electron chi connectivity index (χ3n) is 2.99. The van der Waals surface area contributed by atoms with Gasteiger partial charge in [0.15, 0.2) is 5.82 Å². The van der Waals surface area contributed by atoms with Crippen molar-refractivity contribution in [3.63, 3.8) is 0 Å². The van der Waals surface area contributed by atoms with E-state index in [1.165, 1.54) is 12.1 Å². The van der Waals surface area contributed by atoms with E-state index in [4.69, 9.17) is 0 Å². The van der Waals surface area contributed by atoms with Crippen molar-refractivity contribution in [3.05, 3.63) is 44.9 Å². The molecule has 1 aromatic carbocycles. The number of nitrogens with one attached hydrogen (secondary N) is 1. The van der Waals surface area contributed by atoms with Gasteiger partial charge in [0.2, 0.25) is 0 Å². The molecule has 0 saturated heterocycles. The number of hydrogen-bond donors (Lipinski definition) is 1. The van der Waals surface area contributed by atoms with Crippen LogP contribution in [0.25, 0.3) is 0 Å². The highest BCUT2D eigenvalue weighted by Gasteiger charge is 2.18. The third-order valence-corrected chi connectivity index (χ3v) is 3.90. The van der Waals surface area contributed by atoms with Crippen LogP contribution in [0.1, 0.15) is 34.1 Å². The molecule has 0 amide bonds. The molecule has 5 heteroatoms. The topological polar surface area (TPSA) is 24.9 Å². The molecule has 102 valence electrons. The van der Waals surface area contributed by atoms with Gasteiger partial charge in [0.05, 0.1) is 16.7 Å². The summed E-state index contributed by atoms with van der Waals surface area (Å²) in [6.45, 7) is 7.34. The van der Waals surface area contributed by atoms with E-state index in [-0.39, 0.29) is 11.7 Å². The molecule has 2 aromatic rings. The van der Waals surface area contributed by atoms with Crippen molar-refractivity contribution in [1.29, 1.82) is 0 Å². The van der Waals surface area contributed by atoms with Gasteiger partial charge in [0.1, 0.15) is 11.5 Å². The first kappa shape index (κ1) is 13.9. The lowest BCUT2D eigenvalue weighted by Crippen LogP contribution is -2.11. The second-order valence-corrected chi connectivity index (χ2v) is 6.00. The van der Waals surface area contributed by atoms with Crippen LogP contribution in [-0.4, -0.2) is 4.98 Å². The van der Waals surface area contributed by atoms with Crippen molar-refractivity contribution >= 4 is 17.0 Å². The first-order valence-electron chi connectivity index (χ1n) is 6.05. The van der Waals surface area contributed by atoms with Crippen LogP contribution in [0.15, 0.2) is 12.1 Å². The Labute approximate surface area is 115 Å². The summed E-state index contributed by atoms with van der Waals surface area (Å²) in [6.07, 6.45) is 0. The van der Waals surface area contributed by atoms with Crippen molar-refractivity contribution in [2.75, 3.05) is 5.32 Å². The molecule has 0 bridgehead atoms. The average Bonchev–Trinajstić information content (AvgIpc) is 2.69. The lowest BCUT2D eigenvalue weighted by Gasteiger charge is -2.16. The zero-order chi connectivity index (χ0) is 14.2. The zero-order valence-corrected chi connectivity index (χ0v) is 12.2. The summed E-state index contributed by atoms with van der Waals surface area (Å²) >= 11 is 1.58. The summed E-state index contributed by atoms with van der Waals surface area (Å²) in [5.41, 5.74) is 1.17. The summed E-state index contributed by atoms with van der Waals surface area (Å²) in [7, 11) is 0. The molecule has 0 spiro atoms. The van der Waals surface area contributed by atoms with Crippen molar-refractivity contribution in [1.82, 2.24) is 4.98 Å². The monoisotopic (exact) mass is 282 g/mol. The Morgan fingerprint density at radius 3 is 2.47 bits per heavy atom. The minimum atomic E-state index is -0.584. The molecule has 1 unspecified atom stereocenters. The SMILES string of the molecule is Cc1nc(C(C)Nc2c(F)ccc(C)c2F)c(C)s1. The second kappa shape index (κ2) is 5.25. The van der Waals surface area contributed by atoms with Gasteiger partial charge in [-0.05, 0) is 39.3 Å². The Balaban J connectivity index is 2.31. The predicted molar refractivity (Wildman–Crippen MR) is 74.7 cm³/mol. The number of halogens is 2. The lowest BCUT2D eigenvalue weighted by molar-refractivity contribution is 0.578. The van der Waals surface area contributed by atoms with Crippen LogP contribution in [0.2, 0.25) is 0 Å². The molecule has 1 heterocycles. The van der Waals surface area contributed by atoms with Crippen LogP contribution in [0.5, 0.6) is 0 Å². The molecule has 19 heavy (non-hydrogen) atoms. The molecule has 2 nitrogen and oxygen atoms in total. The average molecular weight is 282 g/mol. The van der Waals surface area contributed by atoms with Gasteiger partial charge in [-0.25, -0.2) is 13.8 Å². The van der Waals surface area contributed by atoms with Crippen molar-refractivity contribution < 1.29 is 8.78 Å². The molecule has 0 aliphatic heterocycles. The number of benzene rings is 1. The van der Waals surface area contributed by atoms with Gasteiger partial charge >= 0.3 is 0 Å². The van der Waals surface area contributed by atoms with E-state index in [2.05, 4.69) is 10.3 Å². The third kappa shape index (κ3) is 2.76. The molecule has 0 aliphatic rings. The quantitative estimate of drug-likeness (QED) is 0.895. The lowest BCUT2D eigenvalue weighted by atomic mass is 10.1.